The Morgan fingerprint density at radius 3 is 2.62 bits per heavy atom. The molecule has 1 N–H and O–H groups in total. The molecule has 0 saturated heterocycles. The van der Waals surface area contributed by atoms with Crippen LogP contribution < -0.4 is 4.74 Å². The van der Waals surface area contributed by atoms with Gasteiger partial charge in [-0.15, -0.1) is 0 Å². The van der Waals surface area contributed by atoms with E-state index < -0.39 is 11.9 Å². The molecular weight excluding hydrogens is 168 g/mol. The molecule has 0 unspecified atom stereocenters. The fraction of sp³-hybridized carbons (Fsp3) is 0.300. The lowest BCUT2D eigenvalue weighted by Crippen LogP contribution is -2.17. The van der Waals surface area contributed by atoms with Gasteiger partial charge in [-0.05, 0) is 19.1 Å². The van der Waals surface area contributed by atoms with Crippen LogP contribution in [0.4, 0.5) is 0 Å². The van der Waals surface area contributed by atoms with Crippen molar-refractivity contribution in [3.05, 3.63) is 30.3 Å². The standard InChI is InChI=1S/C10H12O3/c1-8(10(11)12)7-13-9-5-3-2-4-6-9/h2-6,8H,7H2,1H3,(H,11,12)/t8-/m0/s1. The first-order valence-electron chi connectivity index (χ1n) is 4.11. The first-order chi connectivity index (χ1) is 6.20. The predicted octanol–water partition coefficient (Wildman–Crippen LogP) is 1.79. The van der Waals surface area contributed by atoms with E-state index in [2.05, 4.69) is 0 Å². The Morgan fingerprint density at radius 1 is 1.46 bits per heavy atom. The van der Waals surface area contributed by atoms with Crippen LogP contribution in [0, 0.1) is 5.92 Å². The molecule has 1 aromatic rings. The molecule has 0 aromatic heterocycles. The zero-order chi connectivity index (χ0) is 9.68. The van der Waals surface area contributed by atoms with Gasteiger partial charge in [0.1, 0.15) is 12.4 Å². The summed E-state index contributed by atoms with van der Waals surface area (Å²) in [6, 6.07) is 9.18. The first-order valence-corrected chi connectivity index (χ1v) is 4.11. The van der Waals surface area contributed by atoms with E-state index in [0.717, 1.165) is 0 Å². The summed E-state index contributed by atoms with van der Waals surface area (Å²) in [7, 11) is 0. The van der Waals surface area contributed by atoms with Crippen LogP contribution in [-0.4, -0.2) is 17.7 Å². The van der Waals surface area contributed by atoms with Gasteiger partial charge in [0.2, 0.25) is 0 Å². The normalized spacial score (nSPS) is 12.1. The molecule has 0 fully saturated rings. The van der Waals surface area contributed by atoms with E-state index in [1.807, 2.05) is 18.2 Å². The molecule has 0 saturated carbocycles. The monoisotopic (exact) mass is 180 g/mol. The maximum Gasteiger partial charge on any atom is 0.309 e. The van der Waals surface area contributed by atoms with E-state index >= 15 is 0 Å². The van der Waals surface area contributed by atoms with E-state index in [4.69, 9.17) is 9.84 Å². The molecule has 0 spiro atoms. The average Bonchev–Trinajstić information content (AvgIpc) is 2.15. The molecule has 3 heteroatoms. The minimum absolute atomic E-state index is 0.208. The van der Waals surface area contributed by atoms with E-state index in [-0.39, 0.29) is 6.61 Å². The van der Waals surface area contributed by atoms with Crippen molar-refractivity contribution >= 4 is 5.97 Å². The Hall–Kier alpha value is -1.51. The third-order valence-electron chi connectivity index (χ3n) is 1.66. The van der Waals surface area contributed by atoms with Gasteiger partial charge in [0.05, 0.1) is 5.92 Å². The number of benzene rings is 1. The first kappa shape index (κ1) is 9.58. The number of hydrogen-bond acceptors (Lipinski definition) is 2. The van der Waals surface area contributed by atoms with Crippen LogP contribution in [0.1, 0.15) is 6.92 Å². The molecule has 0 amide bonds. The van der Waals surface area contributed by atoms with Gasteiger partial charge in [-0.3, -0.25) is 4.79 Å². The summed E-state index contributed by atoms with van der Waals surface area (Å²) < 4.78 is 5.25. The van der Waals surface area contributed by atoms with Crippen molar-refractivity contribution < 1.29 is 14.6 Å². The third kappa shape index (κ3) is 3.15. The summed E-state index contributed by atoms with van der Waals surface area (Å²) in [5.74, 6) is -0.605. The van der Waals surface area contributed by atoms with Crippen molar-refractivity contribution in [1.29, 1.82) is 0 Å². The van der Waals surface area contributed by atoms with Gasteiger partial charge in [0.25, 0.3) is 0 Å². The summed E-state index contributed by atoms with van der Waals surface area (Å²) in [4.78, 5) is 10.4. The van der Waals surface area contributed by atoms with Crippen LogP contribution in [0.15, 0.2) is 30.3 Å². The molecule has 0 radical (unpaired) electrons. The smallest absolute Gasteiger partial charge is 0.309 e. The maximum absolute atomic E-state index is 10.4. The second-order valence-corrected chi connectivity index (χ2v) is 2.86. The van der Waals surface area contributed by atoms with Gasteiger partial charge in [0.15, 0.2) is 0 Å². The lowest BCUT2D eigenvalue weighted by molar-refractivity contribution is -0.142. The number of aliphatic carboxylic acids is 1. The molecule has 13 heavy (non-hydrogen) atoms. The molecule has 1 rings (SSSR count). The highest BCUT2D eigenvalue weighted by atomic mass is 16.5. The number of para-hydroxylation sites is 1. The van der Waals surface area contributed by atoms with Gasteiger partial charge in [-0.25, -0.2) is 0 Å². The molecule has 1 atom stereocenters. The van der Waals surface area contributed by atoms with Crippen LogP contribution >= 0.6 is 0 Å². The van der Waals surface area contributed by atoms with Gasteiger partial charge in [0, 0.05) is 0 Å². The van der Waals surface area contributed by atoms with Crippen molar-refractivity contribution in [3.8, 4) is 5.75 Å². The highest BCUT2D eigenvalue weighted by Crippen LogP contribution is 2.09. The maximum atomic E-state index is 10.4. The molecule has 0 heterocycles. The second kappa shape index (κ2) is 4.50. The minimum atomic E-state index is -0.837. The fourth-order valence-electron chi connectivity index (χ4n) is 0.809. The van der Waals surface area contributed by atoms with Gasteiger partial charge >= 0.3 is 5.97 Å². The number of hydrogen-bond donors (Lipinski definition) is 1. The molecule has 1 aromatic carbocycles. The number of rotatable bonds is 4. The number of carboxylic acid groups (broad SMARTS) is 1. The Morgan fingerprint density at radius 2 is 2.08 bits per heavy atom. The summed E-state index contributed by atoms with van der Waals surface area (Å²) in [6.45, 7) is 1.82. The third-order valence-corrected chi connectivity index (χ3v) is 1.66. The molecule has 70 valence electrons. The Labute approximate surface area is 77.0 Å². The summed E-state index contributed by atoms with van der Waals surface area (Å²) >= 11 is 0. The molecular formula is C10H12O3. The molecule has 3 nitrogen and oxygen atoms in total. The van der Waals surface area contributed by atoms with Gasteiger partial charge in [-0.2, -0.15) is 0 Å². The second-order valence-electron chi connectivity index (χ2n) is 2.86. The van der Waals surface area contributed by atoms with Crippen molar-refractivity contribution in [1.82, 2.24) is 0 Å². The Kier molecular flexibility index (Phi) is 3.31. The quantitative estimate of drug-likeness (QED) is 0.768. The Balaban J connectivity index is 2.39. The zero-order valence-electron chi connectivity index (χ0n) is 7.43. The van der Waals surface area contributed by atoms with Crippen LogP contribution in [0.25, 0.3) is 0 Å². The fourth-order valence-corrected chi connectivity index (χ4v) is 0.809. The molecule has 0 aliphatic carbocycles. The van der Waals surface area contributed by atoms with Crippen LogP contribution in [0.2, 0.25) is 0 Å². The Bertz CT molecular complexity index is 269. The van der Waals surface area contributed by atoms with E-state index in [9.17, 15) is 4.79 Å². The predicted molar refractivity (Wildman–Crippen MR) is 48.7 cm³/mol. The van der Waals surface area contributed by atoms with Crippen molar-refractivity contribution in [2.24, 2.45) is 5.92 Å². The number of ether oxygens (including phenoxy) is 1. The summed E-state index contributed by atoms with van der Waals surface area (Å²) in [6.07, 6.45) is 0. The van der Waals surface area contributed by atoms with Crippen LogP contribution in [0.5, 0.6) is 5.75 Å². The summed E-state index contributed by atoms with van der Waals surface area (Å²) in [5.41, 5.74) is 0. The van der Waals surface area contributed by atoms with E-state index in [1.54, 1.807) is 19.1 Å². The topological polar surface area (TPSA) is 46.5 Å². The van der Waals surface area contributed by atoms with Gasteiger partial charge in [-0.1, -0.05) is 18.2 Å². The molecule has 0 aliphatic heterocycles. The zero-order valence-corrected chi connectivity index (χ0v) is 7.43. The van der Waals surface area contributed by atoms with Crippen LogP contribution in [0.3, 0.4) is 0 Å². The molecule has 0 aliphatic rings. The van der Waals surface area contributed by atoms with Crippen molar-refractivity contribution in [2.45, 2.75) is 6.92 Å². The largest absolute Gasteiger partial charge is 0.493 e. The SMILES string of the molecule is C[C@@H](COc1ccccc1)C(=O)O. The lowest BCUT2D eigenvalue weighted by Gasteiger charge is -2.08. The average molecular weight is 180 g/mol. The van der Waals surface area contributed by atoms with Crippen molar-refractivity contribution in [3.63, 3.8) is 0 Å². The van der Waals surface area contributed by atoms with Crippen molar-refractivity contribution in [2.75, 3.05) is 6.61 Å². The minimum Gasteiger partial charge on any atom is -0.493 e. The van der Waals surface area contributed by atoms with E-state index in [1.165, 1.54) is 0 Å². The highest BCUT2D eigenvalue weighted by molar-refractivity contribution is 5.69. The number of carboxylic acids is 1. The van der Waals surface area contributed by atoms with E-state index in [0.29, 0.717) is 5.75 Å². The summed E-state index contributed by atoms with van der Waals surface area (Å²) in [5, 5.41) is 8.58. The highest BCUT2D eigenvalue weighted by Gasteiger charge is 2.10. The lowest BCUT2D eigenvalue weighted by atomic mass is 10.2. The number of carbonyl (C=O) groups is 1. The van der Waals surface area contributed by atoms with Gasteiger partial charge < -0.3 is 9.84 Å². The van der Waals surface area contributed by atoms with Crippen LogP contribution in [-0.2, 0) is 4.79 Å². The molecule has 0 bridgehead atoms.